The van der Waals surface area contributed by atoms with Crippen LogP contribution in [0.25, 0.3) is 10.9 Å². The molecule has 2 aromatic rings. The number of ether oxygens (including phenoxy) is 1. The van der Waals surface area contributed by atoms with Crippen LogP contribution in [0.4, 0.5) is 5.82 Å². The normalized spacial score (nSPS) is 24.8. The standard InChI is InChI=1S/C20H27N3O2/c1-25-17-7-5-6-16-8-9-18(21-19(16)17)23-13-10-20(24,15-23)14-22-11-3-2-4-12-22/h5-9,24H,2-4,10-15H2,1H3. The number of nitrogens with zero attached hydrogens (tertiary/aromatic N) is 3. The highest BCUT2D eigenvalue weighted by atomic mass is 16.5. The number of hydrogen-bond acceptors (Lipinski definition) is 5. The Morgan fingerprint density at radius 1 is 1.12 bits per heavy atom. The molecule has 1 N–H and O–H groups in total. The number of hydrogen-bond donors (Lipinski definition) is 1. The van der Waals surface area contributed by atoms with Crippen LogP contribution in [0.2, 0.25) is 0 Å². The van der Waals surface area contributed by atoms with E-state index >= 15 is 0 Å². The fourth-order valence-corrected chi connectivity index (χ4v) is 4.17. The maximum atomic E-state index is 11.1. The summed E-state index contributed by atoms with van der Waals surface area (Å²) in [5, 5.41) is 12.1. The van der Waals surface area contributed by atoms with Crippen molar-refractivity contribution >= 4 is 16.7 Å². The molecule has 25 heavy (non-hydrogen) atoms. The average Bonchev–Trinajstić information content (AvgIpc) is 3.03. The Bertz CT molecular complexity index is 745. The van der Waals surface area contributed by atoms with E-state index < -0.39 is 5.60 Å². The number of fused-ring (bicyclic) bond motifs is 1. The fourth-order valence-electron chi connectivity index (χ4n) is 4.17. The van der Waals surface area contributed by atoms with Crippen molar-refractivity contribution in [2.24, 2.45) is 0 Å². The maximum absolute atomic E-state index is 11.1. The molecule has 0 radical (unpaired) electrons. The van der Waals surface area contributed by atoms with Gasteiger partial charge in [0.15, 0.2) is 0 Å². The minimum Gasteiger partial charge on any atom is -0.494 e. The van der Waals surface area contributed by atoms with Crippen molar-refractivity contribution < 1.29 is 9.84 Å². The lowest BCUT2D eigenvalue weighted by Crippen LogP contribution is -2.46. The molecule has 1 unspecified atom stereocenters. The molecule has 2 aliphatic rings. The summed E-state index contributed by atoms with van der Waals surface area (Å²) in [5.74, 6) is 1.72. The predicted octanol–water partition coefficient (Wildman–Crippen LogP) is 2.67. The van der Waals surface area contributed by atoms with Crippen molar-refractivity contribution in [1.82, 2.24) is 9.88 Å². The van der Waals surface area contributed by atoms with Gasteiger partial charge in [-0.15, -0.1) is 0 Å². The van der Waals surface area contributed by atoms with Gasteiger partial charge in [0.05, 0.1) is 12.7 Å². The molecule has 0 bridgehead atoms. The zero-order chi connectivity index (χ0) is 17.3. The first-order valence-electron chi connectivity index (χ1n) is 9.30. The minimum atomic E-state index is -0.630. The largest absolute Gasteiger partial charge is 0.494 e. The first-order valence-corrected chi connectivity index (χ1v) is 9.30. The van der Waals surface area contributed by atoms with Crippen LogP contribution in [0.5, 0.6) is 5.75 Å². The van der Waals surface area contributed by atoms with Gasteiger partial charge in [-0.05, 0) is 50.6 Å². The van der Waals surface area contributed by atoms with Crippen LogP contribution >= 0.6 is 0 Å². The zero-order valence-electron chi connectivity index (χ0n) is 14.9. The number of pyridine rings is 1. The average molecular weight is 341 g/mol. The Kier molecular flexibility index (Phi) is 4.52. The number of likely N-dealkylation sites (tertiary alicyclic amines) is 1. The molecule has 2 fully saturated rings. The molecule has 0 aliphatic carbocycles. The number of benzene rings is 1. The molecule has 2 saturated heterocycles. The summed E-state index contributed by atoms with van der Waals surface area (Å²) < 4.78 is 5.45. The highest BCUT2D eigenvalue weighted by molar-refractivity contribution is 5.86. The number of rotatable bonds is 4. The van der Waals surface area contributed by atoms with Crippen LogP contribution < -0.4 is 9.64 Å². The Labute approximate surface area is 149 Å². The number of methoxy groups -OCH3 is 1. The molecule has 1 aromatic heterocycles. The van der Waals surface area contributed by atoms with Gasteiger partial charge in [0.2, 0.25) is 0 Å². The molecular weight excluding hydrogens is 314 g/mol. The molecule has 4 rings (SSSR count). The molecule has 3 heterocycles. The number of piperidine rings is 1. The zero-order valence-corrected chi connectivity index (χ0v) is 14.9. The lowest BCUT2D eigenvalue weighted by molar-refractivity contribution is 0.0169. The smallest absolute Gasteiger partial charge is 0.145 e. The van der Waals surface area contributed by atoms with E-state index in [0.717, 1.165) is 55.1 Å². The third-order valence-electron chi connectivity index (χ3n) is 5.51. The van der Waals surface area contributed by atoms with E-state index in [4.69, 9.17) is 9.72 Å². The first-order chi connectivity index (χ1) is 12.2. The number of β-amino-alcohol motifs (C(OH)–C–C–N with tert-alkyl or cyclic N) is 1. The van der Waals surface area contributed by atoms with E-state index in [2.05, 4.69) is 21.9 Å². The van der Waals surface area contributed by atoms with Crippen LogP contribution in [-0.2, 0) is 0 Å². The fraction of sp³-hybridized carbons (Fsp3) is 0.550. The summed E-state index contributed by atoms with van der Waals surface area (Å²) in [5.41, 5.74) is 0.253. The van der Waals surface area contributed by atoms with Crippen molar-refractivity contribution in [3.63, 3.8) is 0 Å². The quantitative estimate of drug-likeness (QED) is 0.926. The number of para-hydroxylation sites is 1. The Balaban J connectivity index is 1.52. The maximum Gasteiger partial charge on any atom is 0.145 e. The molecule has 1 atom stereocenters. The number of aromatic nitrogens is 1. The summed E-state index contributed by atoms with van der Waals surface area (Å²) in [6.07, 6.45) is 4.64. The van der Waals surface area contributed by atoms with Gasteiger partial charge >= 0.3 is 0 Å². The molecule has 1 aromatic carbocycles. The van der Waals surface area contributed by atoms with E-state index in [1.807, 2.05) is 18.2 Å². The molecule has 134 valence electrons. The summed E-state index contributed by atoms with van der Waals surface area (Å²) in [6, 6.07) is 10.1. The highest BCUT2D eigenvalue weighted by Crippen LogP contribution is 2.30. The summed E-state index contributed by atoms with van der Waals surface area (Å²) in [7, 11) is 1.68. The molecular formula is C20H27N3O2. The van der Waals surface area contributed by atoms with E-state index in [1.165, 1.54) is 19.3 Å². The van der Waals surface area contributed by atoms with Crippen LogP contribution in [0, 0.1) is 0 Å². The minimum absolute atomic E-state index is 0.630. The Hall–Kier alpha value is -1.85. The van der Waals surface area contributed by atoms with Gasteiger partial charge in [0.25, 0.3) is 0 Å². The van der Waals surface area contributed by atoms with Crippen LogP contribution in [0.15, 0.2) is 30.3 Å². The van der Waals surface area contributed by atoms with E-state index in [1.54, 1.807) is 7.11 Å². The second-order valence-corrected chi connectivity index (χ2v) is 7.43. The van der Waals surface area contributed by atoms with E-state index in [9.17, 15) is 5.11 Å². The molecule has 2 aliphatic heterocycles. The molecule has 5 nitrogen and oxygen atoms in total. The first kappa shape index (κ1) is 16.6. The third kappa shape index (κ3) is 3.44. The predicted molar refractivity (Wildman–Crippen MR) is 100 cm³/mol. The van der Waals surface area contributed by atoms with E-state index in [0.29, 0.717) is 6.54 Å². The van der Waals surface area contributed by atoms with Gasteiger partial charge in [-0.1, -0.05) is 18.6 Å². The van der Waals surface area contributed by atoms with Gasteiger partial charge in [0, 0.05) is 25.0 Å². The highest BCUT2D eigenvalue weighted by Gasteiger charge is 2.38. The number of anilines is 1. The van der Waals surface area contributed by atoms with E-state index in [-0.39, 0.29) is 0 Å². The van der Waals surface area contributed by atoms with Crippen molar-refractivity contribution in [1.29, 1.82) is 0 Å². The molecule has 5 heteroatoms. The second-order valence-electron chi connectivity index (χ2n) is 7.43. The SMILES string of the molecule is COc1cccc2ccc(N3CCC(O)(CN4CCCCC4)C3)nc12. The topological polar surface area (TPSA) is 48.8 Å². The molecule has 0 amide bonds. The lowest BCUT2D eigenvalue weighted by Gasteiger charge is -2.33. The third-order valence-corrected chi connectivity index (χ3v) is 5.51. The van der Waals surface area contributed by atoms with Gasteiger partial charge in [-0.2, -0.15) is 0 Å². The lowest BCUT2D eigenvalue weighted by atomic mass is 10.0. The monoisotopic (exact) mass is 341 g/mol. The van der Waals surface area contributed by atoms with Crippen molar-refractivity contribution in [2.75, 3.05) is 44.7 Å². The van der Waals surface area contributed by atoms with Gasteiger partial charge < -0.3 is 19.6 Å². The van der Waals surface area contributed by atoms with Crippen molar-refractivity contribution in [3.8, 4) is 5.75 Å². The van der Waals surface area contributed by atoms with Crippen LogP contribution in [0.3, 0.4) is 0 Å². The summed E-state index contributed by atoms with van der Waals surface area (Å²) in [6.45, 7) is 4.51. The van der Waals surface area contributed by atoms with Gasteiger partial charge in [-0.25, -0.2) is 4.98 Å². The summed E-state index contributed by atoms with van der Waals surface area (Å²) >= 11 is 0. The van der Waals surface area contributed by atoms with Crippen molar-refractivity contribution in [2.45, 2.75) is 31.3 Å². The van der Waals surface area contributed by atoms with Crippen LogP contribution in [0.1, 0.15) is 25.7 Å². The van der Waals surface area contributed by atoms with Gasteiger partial charge in [-0.3, -0.25) is 0 Å². The van der Waals surface area contributed by atoms with Crippen LogP contribution in [-0.4, -0.2) is 60.4 Å². The molecule has 0 spiro atoms. The molecule has 0 saturated carbocycles. The number of aliphatic hydroxyl groups is 1. The van der Waals surface area contributed by atoms with Crippen molar-refractivity contribution in [3.05, 3.63) is 30.3 Å². The Morgan fingerprint density at radius 3 is 2.76 bits per heavy atom. The van der Waals surface area contributed by atoms with Gasteiger partial charge in [0.1, 0.15) is 17.1 Å². The Morgan fingerprint density at radius 2 is 1.96 bits per heavy atom. The summed E-state index contributed by atoms with van der Waals surface area (Å²) in [4.78, 5) is 9.44. The second kappa shape index (κ2) is 6.81.